The first-order valence-electron chi connectivity index (χ1n) is 10.2. The average Bonchev–Trinajstić information content (AvgIpc) is 3.06. The second kappa shape index (κ2) is 10.9. The van der Waals surface area contributed by atoms with Crippen LogP contribution in [0.15, 0.2) is 47.4 Å². The number of rotatable bonds is 9. The number of carbonyl (C=O) groups excluding carboxylic acids is 3. The van der Waals surface area contributed by atoms with Crippen molar-refractivity contribution in [1.82, 2.24) is 10.2 Å². The minimum absolute atomic E-state index is 0.134. The number of ether oxygens (including phenoxy) is 2. The van der Waals surface area contributed by atoms with Crippen LogP contribution in [0, 0.1) is 6.92 Å². The minimum atomic E-state index is -0.335. The molecule has 3 rings (SSSR count). The van der Waals surface area contributed by atoms with Crippen molar-refractivity contribution in [2.24, 2.45) is 0 Å². The molecule has 2 aromatic rings. The highest BCUT2D eigenvalue weighted by Crippen LogP contribution is 2.32. The van der Waals surface area contributed by atoms with Crippen LogP contribution in [0.25, 0.3) is 6.08 Å². The van der Waals surface area contributed by atoms with Gasteiger partial charge >= 0.3 is 0 Å². The van der Waals surface area contributed by atoms with Gasteiger partial charge in [0.15, 0.2) is 0 Å². The summed E-state index contributed by atoms with van der Waals surface area (Å²) in [5, 5.41) is 2.44. The molecular formula is C24H26N2O5S. The first kappa shape index (κ1) is 23.4. The molecule has 7 nitrogen and oxygen atoms in total. The van der Waals surface area contributed by atoms with E-state index in [1.54, 1.807) is 26.4 Å². The van der Waals surface area contributed by atoms with Crippen LogP contribution < -0.4 is 14.8 Å². The van der Waals surface area contributed by atoms with Gasteiger partial charge in [-0.05, 0) is 54.4 Å². The highest BCUT2D eigenvalue weighted by molar-refractivity contribution is 8.18. The van der Waals surface area contributed by atoms with Crippen LogP contribution >= 0.6 is 11.8 Å². The molecule has 1 heterocycles. The zero-order valence-electron chi connectivity index (χ0n) is 18.3. The Morgan fingerprint density at radius 3 is 2.34 bits per heavy atom. The summed E-state index contributed by atoms with van der Waals surface area (Å²) in [4.78, 5) is 38.6. The first-order chi connectivity index (χ1) is 15.4. The highest BCUT2D eigenvalue weighted by atomic mass is 32.2. The number of hydrogen-bond acceptors (Lipinski definition) is 6. The van der Waals surface area contributed by atoms with Crippen molar-refractivity contribution in [3.8, 4) is 11.5 Å². The molecular weight excluding hydrogens is 428 g/mol. The molecule has 32 heavy (non-hydrogen) atoms. The molecule has 1 fully saturated rings. The number of amides is 3. The largest absolute Gasteiger partial charge is 0.497 e. The summed E-state index contributed by atoms with van der Waals surface area (Å²) in [5.74, 6) is 0.836. The van der Waals surface area contributed by atoms with Gasteiger partial charge in [0.1, 0.15) is 11.5 Å². The summed E-state index contributed by atoms with van der Waals surface area (Å²) in [6.45, 7) is 2.32. The lowest BCUT2D eigenvalue weighted by molar-refractivity contribution is -0.124. The summed E-state index contributed by atoms with van der Waals surface area (Å²) < 4.78 is 10.5. The number of hydrogen-bond donors (Lipinski definition) is 1. The molecule has 0 atom stereocenters. The Kier molecular flexibility index (Phi) is 7.94. The molecule has 2 aromatic carbocycles. The fourth-order valence-electron chi connectivity index (χ4n) is 3.17. The van der Waals surface area contributed by atoms with Crippen LogP contribution in [0.4, 0.5) is 4.79 Å². The van der Waals surface area contributed by atoms with Crippen molar-refractivity contribution >= 4 is 34.9 Å². The van der Waals surface area contributed by atoms with E-state index in [1.165, 1.54) is 0 Å². The van der Waals surface area contributed by atoms with Crippen LogP contribution in [0.3, 0.4) is 0 Å². The molecule has 8 heteroatoms. The Bertz CT molecular complexity index is 1010. The Labute approximate surface area is 191 Å². The lowest BCUT2D eigenvalue weighted by atomic mass is 10.1. The maximum Gasteiger partial charge on any atom is 0.293 e. The van der Waals surface area contributed by atoms with Crippen LogP contribution in [-0.4, -0.2) is 49.3 Å². The molecule has 0 spiro atoms. The number of benzene rings is 2. The van der Waals surface area contributed by atoms with Crippen LogP contribution in [-0.2, 0) is 16.0 Å². The highest BCUT2D eigenvalue weighted by Gasteiger charge is 2.34. The number of methoxy groups -OCH3 is 2. The number of aryl methyl sites for hydroxylation is 2. The Hall–Kier alpha value is -3.26. The minimum Gasteiger partial charge on any atom is -0.497 e. The zero-order valence-corrected chi connectivity index (χ0v) is 19.2. The summed E-state index contributed by atoms with van der Waals surface area (Å²) in [6, 6.07) is 13.2. The molecule has 3 amide bonds. The van der Waals surface area contributed by atoms with Gasteiger partial charge in [-0.25, -0.2) is 0 Å². The fourth-order valence-corrected chi connectivity index (χ4v) is 4.04. The van der Waals surface area contributed by atoms with E-state index in [4.69, 9.17) is 9.47 Å². The molecule has 1 aliphatic heterocycles. The lowest BCUT2D eigenvalue weighted by Gasteiger charge is -2.13. The summed E-state index contributed by atoms with van der Waals surface area (Å²) in [5.41, 5.74) is 2.91. The standard InChI is InChI=1S/C24H26N2O5S/c1-16-4-6-17(7-5-16)14-21-23(28)26(24(29)32-21)11-10-25-22(27)9-8-18-12-19(30-2)15-20(13-18)31-3/h4-7,12-15H,8-11H2,1-3H3,(H,25,27)/b21-14-. The Morgan fingerprint density at radius 2 is 1.72 bits per heavy atom. The first-order valence-corrected chi connectivity index (χ1v) is 11.0. The topological polar surface area (TPSA) is 84.9 Å². The maximum absolute atomic E-state index is 12.6. The molecule has 1 aliphatic rings. The van der Waals surface area contributed by atoms with E-state index in [0.717, 1.165) is 33.4 Å². The molecule has 0 aliphatic carbocycles. The van der Waals surface area contributed by atoms with Crippen molar-refractivity contribution in [2.75, 3.05) is 27.3 Å². The van der Waals surface area contributed by atoms with Crippen molar-refractivity contribution in [3.05, 3.63) is 64.1 Å². The molecule has 1 saturated heterocycles. The average molecular weight is 455 g/mol. The van der Waals surface area contributed by atoms with Crippen molar-refractivity contribution in [3.63, 3.8) is 0 Å². The number of thioether (sulfide) groups is 1. The van der Waals surface area contributed by atoms with Gasteiger partial charge in [0.25, 0.3) is 11.1 Å². The van der Waals surface area contributed by atoms with Gasteiger partial charge in [0, 0.05) is 25.6 Å². The normalized spacial score (nSPS) is 14.7. The molecule has 0 unspecified atom stereocenters. The Morgan fingerprint density at radius 1 is 1.06 bits per heavy atom. The monoisotopic (exact) mass is 454 g/mol. The maximum atomic E-state index is 12.6. The summed E-state index contributed by atoms with van der Waals surface area (Å²) in [6.07, 6.45) is 2.50. The molecule has 0 saturated carbocycles. The molecule has 168 valence electrons. The number of nitrogens with zero attached hydrogens (tertiary/aromatic N) is 1. The second-order valence-corrected chi connectivity index (χ2v) is 8.31. The summed E-state index contributed by atoms with van der Waals surface area (Å²) in [7, 11) is 3.15. The van der Waals surface area contributed by atoms with E-state index in [9.17, 15) is 14.4 Å². The third-order valence-corrected chi connectivity index (χ3v) is 5.87. The van der Waals surface area contributed by atoms with Crippen molar-refractivity contribution in [1.29, 1.82) is 0 Å². The van der Waals surface area contributed by atoms with Crippen LogP contribution in [0.5, 0.6) is 11.5 Å². The third-order valence-electron chi connectivity index (χ3n) is 4.96. The van der Waals surface area contributed by atoms with E-state index in [-0.39, 0.29) is 36.6 Å². The smallest absolute Gasteiger partial charge is 0.293 e. The Balaban J connectivity index is 1.48. The third kappa shape index (κ3) is 6.13. The van der Waals surface area contributed by atoms with Gasteiger partial charge < -0.3 is 14.8 Å². The molecule has 0 aromatic heterocycles. The van der Waals surface area contributed by atoms with Gasteiger partial charge in [-0.2, -0.15) is 0 Å². The lowest BCUT2D eigenvalue weighted by Crippen LogP contribution is -2.37. The zero-order chi connectivity index (χ0) is 23.1. The molecule has 1 N–H and O–H groups in total. The molecule has 0 bridgehead atoms. The van der Waals surface area contributed by atoms with Crippen LogP contribution in [0.2, 0.25) is 0 Å². The van der Waals surface area contributed by atoms with E-state index in [1.807, 2.05) is 43.3 Å². The second-order valence-electron chi connectivity index (χ2n) is 7.31. The number of imide groups is 1. The van der Waals surface area contributed by atoms with Gasteiger partial charge in [-0.1, -0.05) is 29.8 Å². The van der Waals surface area contributed by atoms with Crippen molar-refractivity contribution < 1.29 is 23.9 Å². The van der Waals surface area contributed by atoms with Crippen LogP contribution in [0.1, 0.15) is 23.1 Å². The van der Waals surface area contributed by atoms with E-state index >= 15 is 0 Å². The number of carbonyl (C=O) groups is 3. The fraction of sp³-hybridized carbons (Fsp3) is 0.292. The number of nitrogens with one attached hydrogen (secondary N) is 1. The van der Waals surface area contributed by atoms with Gasteiger partial charge in [-0.3, -0.25) is 19.3 Å². The van der Waals surface area contributed by atoms with Gasteiger partial charge in [-0.15, -0.1) is 0 Å². The predicted octanol–water partition coefficient (Wildman–Crippen LogP) is 3.80. The quantitative estimate of drug-likeness (QED) is 0.580. The van der Waals surface area contributed by atoms with Crippen molar-refractivity contribution in [2.45, 2.75) is 19.8 Å². The van der Waals surface area contributed by atoms with E-state index in [0.29, 0.717) is 22.8 Å². The SMILES string of the molecule is COc1cc(CCC(=O)NCCN2C(=O)S/C(=C\c3ccc(C)cc3)C2=O)cc(OC)c1. The van der Waals surface area contributed by atoms with E-state index < -0.39 is 0 Å². The summed E-state index contributed by atoms with van der Waals surface area (Å²) >= 11 is 0.916. The van der Waals surface area contributed by atoms with Gasteiger partial charge in [0.05, 0.1) is 19.1 Å². The predicted molar refractivity (Wildman–Crippen MR) is 125 cm³/mol. The van der Waals surface area contributed by atoms with E-state index in [2.05, 4.69) is 5.32 Å². The molecule has 0 radical (unpaired) electrons. The van der Waals surface area contributed by atoms with Gasteiger partial charge in [0.2, 0.25) is 5.91 Å².